The van der Waals surface area contributed by atoms with Gasteiger partial charge in [0.05, 0.1) is 29.2 Å². The average Bonchev–Trinajstić information content (AvgIpc) is 2.83. The van der Waals surface area contributed by atoms with Crippen LogP contribution in [0, 0.1) is 11.3 Å². The first kappa shape index (κ1) is 14.3. The van der Waals surface area contributed by atoms with E-state index in [1.54, 1.807) is 12.1 Å². The van der Waals surface area contributed by atoms with Gasteiger partial charge in [0.15, 0.2) is 9.84 Å². The first-order valence-corrected chi connectivity index (χ1v) is 8.21. The van der Waals surface area contributed by atoms with Gasteiger partial charge in [-0.2, -0.15) is 5.26 Å². The average molecular weight is 300 g/mol. The molecule has 1 aromatic rings. The Kier molecular flexibility index (Phi) is 4.46. The van der Waals surface area contributed by atoms with Crippen LogP contribution in [0.1, 0.15) is 24.0 Å². The number of hydrogen-bond acceptors (Lipinski definition) is 4. The summed E-state index contributed by atoms with van der Waals surface area (Å²) in [6, 6.07) is 6.61. The van der Waals surface area contributed by atoms with Crippen molar-refractivity contribution in [3.8, 4) is 6.07 Å². The highest BCUT2D eigenvalue weighted by molar-refractivity contribution is 7.90. The number of nitriles is 1. The van der Waals surface area contributed by atoms with Crippen molar-refractivity contribution >= 4 is 21.4 Å². The van der Waals surface area contributed by atoms with Crippen molar-refractivity contribution in [1.82, 2.24) is 0 Å². The van der Waals surface area contributed by atoms with Crippen molar-refractivity contribution < 1.29 is 13.2 Å². The van der Waals surface area contributed by atoms with E-state index >= 15 is 0 Å². The Balaban J connectivity index is 2.09. The van der Waals surface area contributed by atoms with Crippen molar-refractivity contribution in [2.24, 2.45) is 0 Å². The molecule has 1 aliphatic heterocycles. The number of sulfone groups is 1. The summed E-state index contributed by atoms with van der Waals surface area (Å²) < 4.78 is 29.5. The van der Waals surface area contributed by atoms with Crippen LogP contribution in [0.2, 0.25) is 5.02 Å². The van der Waals surface area contributed by atoms with Crippen molar-refractivity contribution in [1.29, 1.82) is 5.26 Å². The van der Waals surface area contributed by atoms with Gasteiger partial charge in [-0.3, -0.25) is 0 Å². The number of benzene rings is 1. The van der Waals surface area contributed by atoms with Crippen molar-refractivity contribution in [3.05, 3.63) is 34.3 Å². The van der Waals surface area contributed by atoms with Crippen molar-refractivity contribution in [2.75, 3.05) is 12.4 Å². The smallest absolute Gasteiger partial charge is 0.157 e. The van der Waals surface area contributed by atoms with Crippen LogP contribution in [0.5, 0.6) is 0 Å². The summed E-state index contributed by atoms with van der Waals surface area (Å²) in [5.74, 6) is -0.0826. The Morgan fingerprint density at radius 1 is 1.47 bits per heavy atom. The third kappa shape index (κ3) is 3.93. The van der Waals surface area contributed by atoms with Crippen LogP contribution >= 0.6 is 11.6 Å². The lowest BCUT2D eigenvalue weighted by Crippen LogP contribution is -2.21. The number of nitrogens with zero attached hydrogens (tertiary/aromatic N) is 1. The lowest BCUT2D eigenvalue weighted by atomic mass is 10.2. The summed E-state index contributed by atoms with van der Waals surface area (Å²) in [5.41, 5.74) is 0.948. The van der Waals surface area contributed by atoms with Crippen LogP contribution in [-0.2, 0) is 20.3 Å². The van der Waals surface area contributed by atoms with Gasteiger partial charge in [0, 0.05) is 11.6 Å². The third-order valence-corrected chi connectivity index (χ3v) is 5.00. The van der Waals surface area contributed by atoms with Gasteiger partial charge in [-0.25, -0.2) is 8.42 Å². The molecule has 1 atom stereocenters. The Bertz CT molecular complexity index is 601. The first-order valence-electron chi connectivity index (χ1n) is 6.01. The molecule has 1 saturated heterocycles. The molecule has 0 aliphatic carbocycles. The highest BCUT2D eigenvalue weighted by Crippen LogP contribution is 2.22. The zero-order valence-corrected chi connectivity index (χ0v) is 11.9. The summed E-state index contributed by atoms with van der Waals surface area (Å²) in [5, 5.41) is 9.05. The summed E-state index contributed by atoms with van der Waals surface area (Å²) in [6.07, 6.45) is 1.51. The molecule has 4 nitrogen and oxygen atoms in total. The molecule has 1 aliphatic rings. The fourth-order valence-corrected chi connectivity index (χ4v) is 4.09. The van der Waals surface area contributed by atoms with Gasteiger partial charge in [-0.1, -0.05) is 17.7 Å². The van der Waals surface area contributed by atoms with E-state index in [2.05, 4.69) is 0 Å². The minimum atomic E-state index is -3.25. The second kappa shape index (κ2) is 5.91. The summed E-state index contributed by atoms with van der Waals surface area (Å²) >= 11 is 5.98. The first-order chi connectivity index (χ1) is 9.00. The molecule has 102 valence electrons. The van der Waals surface area contributed by atoms with Crippen LogP contribution in [-0.4, -0.2) is 26.9 Å². The predicted octanol–water partition coefficient (Wildman–Crippen LogP) is 2.31. The van der Waals surface area contributed by atoms with Gasteiger partial charge in [0.1, 0.15) is 0 Å². The maximum Gasteiger partial charge on any atom is 0.157 e. The zero-order chi connectivity index (χ0) is 13.9. The SMILES string of the molecule is N#Cc1ccc(CS(=O)(=O)CC2CCCO2)c(Cl)c1. The van der Waals surface area contributed by atoms with Crippen LogP contribution in [0.25, 0.3) is 0 Å². The maximum absolute atomic E-state index is 12.1. The highest BCUT2D eigenvalue weighted by atomic mass is 35.5. The fourth-order valence-electron chi connectivity index (χ4n) is 2.09. The fraction of sp³-hybridized carbons (Fsp3) is 0.462. The van der Waals surface area contributed by atoms with Gasteiger partial charge in [-0.05, 0) is 30.5 Å². The zero-order valence-electron chi connectivity index (χ0n) is 10.3. The molecular formula is C13H14ClNO3S. The number of halogens is 1. The van der Waals surface area contributed by atoms with Crippen LogP contribution in [0.15, 0.2) is 18.2 Å². The Morgan fingerprint density at radius 3 is 2.84 bits per heavy atom. The second-order valence-corrected chi connectivity index (χ2v) is 7.12. The summed E-state index contributed by atoms with van der Waals surface area (Å²) in [7, 11) is -3.25. The van der Waals surface area contributed by atoms with Gasteiger partial charge in [-0.15, -0.1) is 0 Å². The molecule has 0 N–H and O–H groups in total. The standard InChI is InChI=1S/C13H14ClNO3S/c14-13-6-10(7-15)3-4-11(13)8-19(16,17)9-12-2-1-5-18-12/h3-4,6,12H,1-2,5,8-9H2. The molecule has 19 heavy (non-hydrogen) atoms. The van der Waals surface area contributed by atoms with Crippen LogP contribution in [0.3, 0.4) is 0 Å². The van der Waals surface area contributed by atoms with Gasteiger partial charge in [0.2, 0.25) is 0 Å². The summed E-state index contributed by atoms with van der Waals surface area (Å²) in [4.78, 5) is 0. The van der Waals surface area contributed by atoms with E-state index in [9.17, 15) is 8.42 Å². The lowest BCUT2D eigenvalue weighted by Gasteiger charge is -2.11. The molecule has 1 fully saturated rings. The van der Waals surface area contributed by atoms with Gasteiger partial charge >= 0.3 is 0 Å². The summed E-state index contributed by atoms with van der Waals surface area (Å²) in [6.45, 7) is 0.637. The number of ether oxygens (including phenoxy) is 1. The van der Waals surface area contributed by atoms with E-state index in [0.29, 0.717) is 22.8 Å². The predicted molar refractivity (Wildman–Crippen MR) is 72.6 cm³/mol. The molecule has 1 aromatic carbocycles. The molecule has 0 bridgehead atoms. The topological polar surface area (TPSA) is 67.2 Å². The largest absolute Gasteiger partial charge is 0.377 e. The van der Waals surface area contributed by atoms with E-state index in [0.717, 1.165) is 12.8 Å². The van der Waals surface area contributed by atoms with E-state index in [1.165, 1.54) is 6.07 Å². The lowest BCUT2D eigenvalue weighted by molar-refractivity contribution is 0.127. The van der Waals surface area contributed by atoms with Crippen LogP contribution < -0.4 is 0 Å². The molecule has 0 amide bonds. The molecule has 6 heteroatoms. The van der Waals surface area contributed by atoms with Crippen molar-refractivity contribution in [2.45, 2.75) is 24.7 Å². The third-order valence-electron chi connectivity index (χ3n) is 3.02. The quantitative estimate of drug-likeness (QED) is 0.855. The molecule has 0 radical (unpaired) electrons. The monoisotopic (exact) mass is 299 g/mol. The molecule has 0 spiro atoms. The molecule has 1 heterocycles. The Labute approximate surface area is 117 Å². The van der Waals surface area contributed by atoms with E-state index in [4.69, 9.17) is 21.6 Å². The number of hydrogen-bond donors (Lipinski definition) is 0. The Morgan fingerprint density at radius 2 is 2.26 bits per heavy atom. The number of rotatable bonds is 4. The minimum absolute atomic E-state index is 0.0311. The highest BCUT2D eigenvalue weighted by Gasteiger charge is 2.24. The molecule has 0 aromatic heterocycles. The van der Waals surface area contributed by atoms with E-state index in [1.807, 2.05) is 6.07 Å². The van der Waals surface area contributed by atoms with Gasteiger partial charge in [0.25, 0.3) is 0 Å². The second-order valence-electron chi connectivity index (χ2n) is 4.61. The maximum atomic E-state index is 12.1. The normalized spacial score (nSPS) is 19.3. The minimum Gasteiger partial charge on any atom is -0.377 e. The molecule has 0 saturated carbocycles. The molecule has 2 rings (SSSR count). The molecule has 1 unspecified atom stereocenters. The van der Waals surface area contributed by atoms with Crippen LogP contribution in [0.4, 0.5) is 0 Å². The van der Waals surface area contributed by atoms with Crippen molar-refractivity contribution in [3.63, 3.8) is 0 Å². The Hall–Kier alpha value is -1.09. The van der Waals surface area contributed by atoms with E-state index < -0.39 is 9.84 Å². The van der Waals surface area contributed by atoms with Gasteiger partial charge < -0.3 is 4.74 Å². The van der Waals surface area contributed by atoms with E-state index in [-0.39, 0.29) is 17.6 Å². The molecular weight excluding hydrogens is 286 g/mol.